The molecule has 0 unspecified atom stereocenters. The van der Waals surface area contributed by atoms with Gasteiger partial charge in [-0.25, -0.2) is 17.6 Å². The highest BCUT2D eigenvalue weighted by Crippen LogP contribution is 2.22. The molecule has 1 rings (SSSR count). The van der Waals surface area contributed by atoms with Gasteiger partial charge in [0.1, 0.15) is 0 Å². The first-order valence-electron chi connectivity index (χ1n) is 4.76. The van der Waals surface area contributed by atoms with E-state index in [1.54, 1.807) is 0 Å². The fraction of sp³-hybridized carbons (Fsp3) is 0.333. The van der Waals surface area contributed by atoms with Gasteiger partial charge in [0.05, 0.1) is 0 Å². The van der Waals surface area contributed by atoms with E-state index in [-0.39, 0.29) is 11.1 Å². The van der Waals surface area contributed by atoms with Crippen molar-refractivity contribution in [3.05, 3.63) is 47.6 Å². The summed E-state index contributed by atoms with van der Waals surface area (Å²) in [4.78, 5) is 0. The van der Waals surface area contributed by atoms with Crippen molar-refractivity contribution in [2.75, 3.05) is 0 Å². The molecule has 0 aliphatic heterocycles. The van der Waals surface area contributed by atoms with Crippen LogP contribution in [0.1, 0.15) is 25.0 Å². The molecule has 0 nitrogen and oxygen atoms in total. The Bertz CT molecular complexity index is 240. The Kier molecular flexibility index (Phi) is 8.44. The average molecular weight is 236 g/mol. The highest BCUT2D eigenvalue weighted by molar-refractivity contribution is 5.29. The van der Waals surface area contributed by atoms with Crippen molar-refractivity contribution in [1.82, 2.24) is 0 Å². The molecule has 0 fully saturated rings. The van der Waals surface area contributed by atoms with Gasteiger partial charge in [0, 0.05) is 0 Å². The molecule has 4 heteroatoms. The predicted molar refractivity (Wildman–Crippen MR) is 58.4 cm³/mol. The third-order valence-corrected chi connectivity index (χ3v) is 1.80. The van der Waals surface area contributed by atoms with Crippen LogP contribution in [0.5, 0.6) is 0 Å². The molecular formula is C12H16F4. The molecule has 0 aliphatic rings. The molecule has 1 aromatic carbocycles. The largest absolute Gasteiger partial charge is 0.203 e. The van der Waals surface area contributed by atoms with Crippen molar-refractivity contribution in [2.45, 2.75) is 27.7 Å². The smallest absolute Gasteiger partial charge is 0.197 e. The molecule has 0 atom stereocenters. The second kappa shape index (κ2) is 7.91. The van der Waals surface area contributed by atoms with E-state index < -0.39 is 23.3 Å². The fourth-order valence-corrected chi connectivity index (χ4v) is 0.851. The van der Waals surface area contributed by atoms with Gasteiger partial charge in [-0.15, -0.1) is 13.2 Å². The average Bonchev–Trinajstić information content (AvgIpc) is 2.36. The SMILES string of the molecule is C=C.CC.Cc1c(C)c(F)c(F)c(F)c1F. The van der Waals surface area contributed by atoms with E-state index in [0.29, 0.717) is 0 Å². The number of halogens is 4. The van der Waals surface area contributed by atoms with Crippen LogP contribution in [-0.2, 0) is 0 Å². The minimum absolute atomic E-state index is 0.202. The first-order valence-corrected chi connectivity index (χ1v) is 4.76. The summed E-state index contributed by atoms with van der Waals surface area (Å²) < 4.78 is 50.2. The van der Waals surface area contributed by atoms with Crippen molar-refractivity contribution >= 4 is 0 Å². The molecule has 0 amide bonds. The summed E-state index contributed by atoms with van der Waals surface area (Å²) in [5.41, 5.74) is -0.405. The Balaban J connectivity index is 0. The Morgan fingerprint density at radius 2 is 0.812 bits per heavy atom. The molecule has 0 radical (unpaired) electrons. The van der Waals surface area contributed by atoms with Gasteiger partial charge in [0.25, 0.3) is 0 Å². The maximum absolute atomic E-state index is 12.7. The van der Waals surface area contributed by atoms with Gasteiger partial charge in [-0.05, 0) is 25.0 Å². The topological polar surface area (TPSA) is 0 Å². The normalized spacial score (nSPS) is 8.50. The molecule has 0 N–H and O–H groups in total. The summed E-state index contributed by atoms with van der Waals surface area (Å²) in [5, 5.41) is 0. The molecule has 0 aromatic heterocycles. The maximum atomic E-state index is 12.7. The van der Waals surface area contributed by atoms with Crippen molar-refractivity contribution < 1.29 is 17.6 Å². The summed E-state index contributed by atoms with van der Waals surface area (Å²) in [5.74, 6) is -6.16. The summed E-state index contributed by atoms with van der Waals surface area (Å²) in [6.07, 6.45) is 0. The summed E-state index contributed by atoms with van der Waals surface area (Å²) in [6.45, 7) is 12.4. The quantitative estimate of drug-likeness (QED) is 0.265. The van der Waals surface area contributed by atoms with E-state index in [4.69, 9.17) is 0 Å². The minimum Gasteiger partial charge on any atom is -0.203 e. The Morgan fingerprint density at radius 3 is 1.00 bits per heavy atom. The molecule has 0 heterocycles. The zero-order valence-electron chi connectivity index (χ0n) is 9.93. The second-order valence-corrected chi connectivity index (χ2v) is 2.51. The zero-order valence-corrected chi connectivity index (χ0v) is 9.93. The standard InChI is InChI=1S/C8H6F4.C2H6.C2H4/c1-3-4(2)6(10)8(12)7(11)5(3)9;2*1-2/h1-2H3;1-2H3;1-2H2. The monoisotopic (exact) mass is 236 g/mol. The summed E-state index contributed by atoms with van der Waals surface area (Å²) in [6, 6.07) is 0. The van der Waals surface area contributed by atoms with Gasteiger partial charge in [0.2, 0.25) is 0 Å². The first kappa shape index (κ1) is 17.1. The van der Waals surface area contributed by atoms with Gasteiger partial charge in [-0.2, -0.15) is 0 Å². The van der Waals surface area contributed by atoms with Crippen molar-refractivity contribution in [2.24, 2.45) is 0 Å². The highest BCUT2D eigenvalue weighted by Gasteiger charge is 2.19. The lowest BCUT2D eigenvalue weighted by atomic mass is 10.1. The van der Waals surface area contributed by atoms with Crippen LogP contribution in [-0.4, -0.2) is 0 Å². The van der Waals surface area contributed by atoms with Gasteiger partial charge in [-0.1, -0.05) is 13.8 Å². The molecule has 0 bridgehead atoms. The lowest BCUT2D eigenvalue weighted by Gasteiger charge is -2.05. The van der Waals surface area contributed by atoms with Gasteiger partial charge in [-0.3, -0.25) is 0 Å². The van der Waals surface area contributed by atoms with Gasteiger partial charge < -0.3 is 0 Å². The molecule has 1 aromatic rings. The van der Waals surface area contributed by atoms with Crippen molar-refractivity contribution in [3.8, 4) is 0 Å². The van der Waals surface area contributed by atoms with Crippen molar-refractivity contribution in [1.29, 1.82) is 0 Å². The van der Waals surface area contributed by atoms with Crippen LogP contribution >= 0.6 is 0 Å². The maximum Gasteiger partial charge on any atom is 0.197 e. The highest BCUT2D eigenvalue weighted by atomic mass is 19.2. The van der Waals surface area contributed by atoms with Gasteiger partial charge >= 0.3 is 0 Å². The summed E-state index contributed by atoms with van der Waals surface area (Å²) in [7, 11) is 0. The van der Waals surface area contributed by atoms with Crippen LogP contribution in [0.15, 0.2) is 13.2 Å². The Labute approximate surface area is 93.6 Å². The predicted octanol–water partition coefficient (Wildman–Crippen LogP) is 4.69. The summed E-state index contributed by atoms with van der Waals surface area (Å²) >= 11 is 0. The van der Waals surface area contributed by atoms with Crippen LogP contribution in [0.2, 0.25) is 0 Å². The number of rotatable bonds is 0. The van der Waals surface area contributed by atoms with Crippen molar-refractivity contribution in [3.63, 3.8) is 0 Å². The lowest BCUT2D eigenvalue weighted by molar-refractivity contribution is 0.402. The van der Waals surface area contributed by atoms with E-state index in [0.717, 1.165) is 0 Å². The van der Waals surface area contributed by atoms with Crippen LogP contribution in [0.4, 0.5) is 17.6 Å². The third-order valence-electron chi connectivity index (χ3n) is 1.80. The first-order chi connectivity index (χ1) is 7.46. The fourth-order valence-electron chi connectivity index (χ4n) is 0.851. The van der Waals surface area contributed by atoms with Crippen LogP contribution in [0.3, 0.4) is 0 Å². The second-order valence-electron chi connectivity index (χ2n) is 2.51. The Morgan fingerprint density at radius 1 is 0.625 bits per heavy atom. The van der Waals surface area contributed by atoms with E-state index in [1.807, 2.05) is 13.8 Å². The van der Waals surface area contributed by atoms with Crippen LogP contribution < -0.4 is 0 Å². The van der Waals surface area contributed by atoms with E-state index in [9.17, 15) is 17.6 Å². The zero-order chi connectivity index (χ0) is 13.5. The third kappa shape index (κ3) is 3.36. The molecular weight excluding hydrogens is 220 g/mol. The number of hydrogen-bond donors (Lipinski definition) is 0. The number of benzene rings is 1. The molecule has 92 valence electrons. The van der Waals surface area contributed by atoms with E-state index in [2.05, 4.69) is 13.2 Å². The molecule has 0 spiro atoms. The van der Waals surface area contributed by atoms with Crippen LogP contribution in [0.25, 0.3) is 0 Å². The van der Waals surface area contributed by atoms with Crippen LogP contribution in [0, 0.1) is 37.1 Å². The Hall–Kier alpha value is -1.32. The minimum atomic E-state index is -1.75. The van der Waals surface area contributed by atoms with Gasteiger partial charge in [0.15, 0.2) is 23.3 Å². The van der Waals surface area contributed by atoms with E-state index >= 15 is 0 Å². The van der Waals surface area contributed by atoms with E-state index in [1.165, 1.54) is 13.8 Å². The molecule has 0 aliphatic carbocycles. The molecule has 0 saturated carbocycles. The molecule has 16 heavy (non-hydrogen) atoms. The molecule has 0 saturated heterocycles. The number of hydrogen-bond acceptors (Lipinski definition) is 0. The lowest BCUT2D eigenvalue weighted by Crippen LogP contribution is -2.02.